The Balaban J connectivity index is 2.07. The number of para-hydroxylation sites is 1. The van der Waals surface area contributed by atoms with Crippen molar-refractivity contribution in [3.05, 3.63) is 81.1 Å². The van der Waals surface area contributed by atoms with E-state index in [0.29, 0.717) is 5.69 Å². The molecule has 2 heterocycles. The van der Waals surface area contributed by atoms with Crippen LogP contribution >= 0.6 is 0 Å². The quantitative estimate of drug-likeness (QED) is 0.603. The SMILES string of the molecule is O=C(c1c(O)[nH]c(=O)[nH]c1=O)N(Oc1ccccn1)c1ccccc1. The zero-order valence-electron chi connectivity index (χ0n) is 12.7. The van der Waals surface area contributed by atoms with Crippen LogP contribution in [0.15, 0.2) is 64.3 Å². The number of anilines is 1. The van der Waals surface area contributed by atoms with Gasteiger partial charge in [0.25, 0.3) is 5.56 Å². The molecule has 1 aromatic carbocycles. The Labute approximate surface area is 140 Å². The summed E-state index contributed by atoms with van der Waals surface area (Å²) in [4.78, 5) is 49.2. The summed E-state index contributed by atoms with van der Waals surface area (Å²) in [6, 6.07) is 13.0. The van der Waals surface area contributed by atoms with Crippen LogP contribution in [0.1, 0.15) is 10.4 Å². The van der Waals surface area contributed by atoms with Crippen LogP contribution in [0.2, 0.25) is 0 Å². The fraction of sp³-hybridized carbons (Fsp3) is 0. The lowest BCUT2D eigenvalue weighted by molar-refractivity contribution is 0.0870. The van der Waals surface area contributed by atoms with Gasteiger partial charge in [-0.1, -0.05) is 24.3 Å². The smallest absolute Gasteiger partial charge is 0.328 e. The van der Waals surface area contributed by atoms with Gasteiger partial charge in [-0.25, -0.2) is 9.78 Å². The average Bonchev–Trinajstić information content (AvgIpc) is 2.60. The zero-order valence-corrected chi connectivity index (χ0v) is 12.7. The molecule has 0 fully saturated rings. The third-order valence-electron chi connectivity index (χ3n) is 3.13. The van der Waals surface area contributed by atoms with E-state index in [1.165, 1.54) is 12.3 Å². The number of aromatic nitrogens is 3. The number of carbonyl (C=O) groups is 1. The van der Waals surface area contributed by atoms with Crippen LogP contribution in [-0.2, 0) is 0 Å². The van der Waals surface area contributed by atoms with Crippen LogP contribution < -0.4 is 21.1 Å². The Morgan fingerprint density at radius 2 is 1.76 bits per heavy atom. The monoisotopic (exact) mass is 340 g/mol. The van der Waals surface area contributed by atoms with Gasteiger partial charge in [0.1, 0.15) is 0 Å². The molecule has 0 aliphatic heterocycles. The second-order valence-corrected chi connectivity index (χ2v) is 4.83. The number of H-pyrrole nitrogens is 2. The Morgan fingerprint density at radius 3 is 2.40 bits per heavy atom. The first-order chi connectivity index (χ1) is 12.1. The minimum absolute atomic E-state index is 0.0973. The maximum atomic E-state index is 12.8. The van der Waals surface area contributed by atoms with E-state index in [1.807, 2.05) is 9.97 Å². The topological polar surface area (TPSA) is 128 Å². The molecule has 0 saturated carbocycles. The molecule has 126 valence electrons. The lowest BCUT2D eigenvalue weighted by Gasteiger charge is -2.21. The molecular weight excluding hydrogens is 328 g/mol. The molecule has 0 unspecified atom stereocenters. The number of hydroxylamine groups is 1. The number of rotatable bonds is 4. The van der Waals surface area contributed by atoms with Gasteiger partial charge in [-0.3, -0.25) is 19.6 Å². The van der Waals surface area contributed by atoms with Crippen molar-refractivity contribution in [2.45, 2.75) is 0 Å². The second kappa shape index (κ2) is 6.71. The van der Waals surface area contributed by atoms with E-state index in [4.69, 9.17) is 4.84 Å². The highest BCUT2D eigenvalue weighted by Gasteiger charge is 2.27. The maximum absolute atomic E-state index is 12.8. The van der Waals surface area contributed by atoms with Crippen LogP contribution in [0.5, 0.6) is 11.8 Å². The van der Waals surface area contributed by atoms with Gasteiger partial charge in [0.15, 0.2) is 5.56 Å². The molecule has 2 aromatic heterocycles. The number of hydrogen-bond acceptors (Lipinski definition) is 6. The van der Waals surface area contributed by atoms with Crippen molar-refractivity contribution in [1.29, 1.82) is 0 Å². The van der Waals surface area contributed by atoms with Crippen LogP contribution in [-0.4, -0.2) is 26.0 Å². The number of carbonyl (C=O) groups excluding carboxylic acids is 1. The van der Waals surface area contributed by atoms with E-state index in [9.17, 15) is 19.5 Å². The number of aromatic hydroxyl groups is 1. The molecule has 0 aliphatic rings. The summed E-state index contributed by atoms with van der Waals surface area (Å²) in [7, 11) is 0. The fourth-order valence-corrected chi connectivity index (χ4v) is 2.04. The van der Waals surface area contributed by atoms with E-state index >= 15 is 0 Å². The van der Waals surface area contributed by atoms with Gasteiger partial charge in [-0.2, -0.15) is 0 Å². The number of nitrogens with zero attached hydrogens (tertiary/aromatic N) is 2. The fourth-order valence-electron chi connectivity index (χ4n) is 2.04. The first kappa shape index (κ1) is 16.0. The summed E-state index contributed by atoms with van der Waals surface area (Å²) >= 11 is 0. The first-order valence-electron chi connectivity index (χ1n) is 7.10. The lowest BCUT2D eigenvalue weighted by atomic mass is 10.2. The van der Waals surface area contributed by atoms with Crippen LogP contribution in [0.4, 0.5) is 5.69 Å². The van der Waals surface area contributed by atoms with E-state index in [-0.39, 0.29) is 5.88 Å². The molecular formula is C16H12N4O5. The number of nitrogens with one attached hydrogen (secondary N) is 2. The van der Waals surface area contributed by atoms with E-state index in [0.717, 1.165) is 5.06 Å². The lowest BCUT2D eigenvalue weighted by Crippen LogP contribution is -2.39. The highest BCUT2D eigenvalue weighted by atomic mass is 16.7. The number of hydrogen-bond donors (Lipinski definition) is 3. The van der Waals surface area contributed by atoms with Crippen molar-refractivity contribution in [2.24, 2.45) is 0 Å². The van der Waals surface area contributed by atoms with Gasteiger partial charge in [0.2, 0.25) is 11.8 Å². The predicted molar refractivity (Wildman–Crippen MR) is 87.5 cm³/mol. The normalized spacial score (nSPS) is 10.2. The number of pyridine rings is 1. The van der Waals surface area contributed by atoms with E-state index < -0.39 is 28.6 Å². The molecule has 0 bridgehead atoms. The minimum atomic E-state index is -1.04. The van der Waals surface area contributed by atoms with Crippen molar-refractivity contribution in [3.8, 4) is 11.8 Å². The number of benzene rings is 1. The van der Waals surface area contributed by atoms with Crippen LogP contribution in [0.25, 0.3) is 0 Å². The molecule has 0 spiro atoms. The largest absolute Gasteiger partial charge is 0.494 e. The molecule has 0 saturated heterocycles. The summed E-state index contributed by atoms with van der Waals surface area (Å²) in [6.07, 6.45) is 1.47. The van der Waals surface area contributed by atoms with Crippen molar-refractivity contribution >= 4 is 11.6 Å². The van der Waals surface area contributed by atoms with Crippen LogP contribution in [0.3, 0.4) is 0 Å². The second-order valence-electron chi connectivity index (χ2n) is 4.83. The molecule has 0 radical (unpaired) electrons. The zero-order chi connectivity index (χ0) is 17.8. The number of aromatic amines is 2. The van der Waals surface area contributed by atoms with Crippen molar-refractivity contribution in [2.75, 3.05) is 5.06 Å². The van der Waals surface area contributed by atoms with E-state index in [2.05, 4.69) is 4.98 Å². The van der Waals surface area contributed by atoms with Gasteiger partial charge in [0, 0.05) is 12.3 Å². The molecule has 9 heteroatoms. The maximum Gasteiger partial charge on any atom is 0.328 e. The number of amides is 1. The van der Waals surface area contributed by atoms with Gasteiger partial charge in [-0.05, 0) is 18.2 Å². The summed E-state index contributed by atoms with van der Waals surface area (Å²) in [5, 5.41) is 10.6. The van der Waals surface area contributed by atoms with Gasteiger partial charge in [-0.15, -0.1) is 5.06 Å². The highest BCUT2D eigenvalue weighted by Crippen LogP contribution is 2.20. The Bertz CT molecular complexity index is 998. The molecule has 3 aromatic rings. The molecule has 0 atom stereocenters. The molecule has 0 aliphatic carbocycles. The Morgan fingerprint density at radius 1 is 1.04 bits per heavy atom. The third kappa shape index (κ3) is 3.39. The predicted octanol–water partition coefficient (Wildman–Crippen LogP) is 0.805. The summed E-state index contributed by atoms with van der Waals surface area (Å²) < 4.78 is 0. The standard InChI is InChI=1S/C16H12N4O5/c21-13-12(14(22)19-16(24)18-13)15(23)20(10-6-2-1-3-7-10)25-11-8-4-5-9-17-11/h1-9H,(H3,18,19,21,22,24). The Hall–Kier alpha value is -3.88. The third-order valence-corrected chi connectivity index (χ3v) is 3.13. The average molecular weight is 340 g/mol. The summed E-state index contributed by atoms with van der Waals surface area (Å²) in [5.74, 6) is -1.74. The minimum Gasteiger partial charge on any atom is -0.494 e. The molecule has 9 nitrogen and oxygen atoms in total. The van der Waals surface area contributed by atoms with E-state index in [1.54, 1.807) is 42.5 Å². The molecule has 3 rings (SSSR count). The summed E-state index contributed by atoms with van der Waals surface area (Å²) in [6.45, 7) is 0. The highest BCUT2D eigenvalue weighted by molar-refractivity contribution is 6.06. The molecule has 3 N–H and O–H groups in total. The van der Waals surface area contributed by atoms with Crippen molar-refractivity contribution in [1.82, 2.24) is 15.0 Å². The molecule has 25 heavy (non-hydrogen) atoms. The molecule has 1 amide bonds. The Kier molecular flexibility index (Phi) is 4.29. The van der Waals surface area contributed by atoms with Crippen molar-refractivity contribution < 1.29 is 14.7 Å². The first-order valence-corrected chi connectivity index (χ1v) is 7.10. The summed E-state index contributed by atoms with van der Waals surface area (Å²) in [5.41, 5.74) is -2.35. The van der Waals surface area contributed by atoms with Crippen LogP contribution in [0, 0.1) is 0 Å². The van der Waals surface area contributed by atoms with Gasteiger partial charge >= 0.3 is 11.6 Å². The van der Waals surface area contributed by atoms with Gasteiger partial charge < -0.3 is 9.94 Å². The van der Waals surface area contributed by atoms with Gasteiger partial charge in [0.05, 0.1) is 5.69 Å². The van der Waals surface area contributed by atoms with Crippen molar-refractivity contribution in [3.63, 3.8) is 0 Å².